The molecule has 0 saturated heterocycles. The van der Waals surface area contributed by atoms with Crippen LogP contribution in [0.2, 0.25) is 0 Å². The second-order valence-corrected chi connectivity index (χ2v) is 6.93. The fourth-order valence-corrected chi connectivity index (χ4v) is 4.48. The van der Waals surface area contributed by atoms with Crippen molar-refractivity contribution in [1.29, 1.82) is 0 Å². The van der Waals surface area contributed by atoms with Gasteiger partial charge in [0, 0.05) is 23.3 Å². The summed E-state index contributed by atoms with van der Waals surface area (Å²) in [5, 5.41) is 1.53. The molecule has 0 amide bonds. The minimum atomic E-state index is -3.77. The first-order valence-electron chi connectivity index (χ1n) is 6.05. The molecule has 0 aliphatic rings. The van der Waals surface area contributed by atoms with Crippen LogP contribution in [0.4, 0.5) is 10.1 Å². The first-order valence-corrected chi connectivity index (χ1v) is 8.37. The van der Waals surface area contributed by atoms with Gasteiger partial charge in [-0.25, -0.2) is 12.8 Å². The van der Waals surface area contributed by atoms with Crippen molar-refractivity contribution in [1.82, 2.24) is 0 Å². The standard InChI is InChI=1S/C13H15FN2O2S2/c1-2-16(13-6-4-3-5-12(13)14)20(17,18)11-7-10(8-15)19-9-11/h3-7,9H,2,8,15H2,1H3. The van der Waals surface area contributed by atoms with E-state index in [1.54, 1.807) is 13.0 Å². The van der Waals surface area contributed by atoms with Gasteiger partial charge in [-0.15, -0.1) is 11.3 Å². The van der Waals surface area contributed by atoms with Gasteiger partial charge >= 0.3 is 0 Å². The molecule has 0 radical (unpaired) electrons. The van der Waals surface area contributed by atoms with Gasteiger partial charge in [0.05, 0.1) is 10.6 Å². The molecule has 7 heteroatoms. The summed E-state index contributed by atoms with van der Waals surface area (Å²) in [5.41, 5.74) is 5.54. The van der Waals surface area contributed by atoms with E-state index >= 15 is 0 Å². The monoisotopic (exact) mass is 314 g/mol. The Morgan fingerprint density at radius 1 is 1.35 bits per heavy atom. The van der Waals surface area contributed by atoms with Crippen LogP contribution >= 0.6 is 11.3 Å². The Labute approximate surface area is 121 Å². The average Bonchev–Trinajstić information content (AvgIpc) is 2.91. The zero-order chi connectivity index (χ0) is 14.8. The Hall–Kier alpha value is -1.44. The highest BCUT2D eigenvalue weighted by molar-refractivity contribution is 7.93. The first kappa shape index (κ1) is 15.0. The van der Waals surface area contributed by atoms with E-state index in [0.29, 0.717) is 0 Å². The van der Waals surface area contributed by atoms with Gasteiger partial charge in [-0.05, 0) is 25.1 Å². The molecule has 0 unspecified atom stereocenters. The lowest BCUT2D eigenvalue weighted by Crippen LogP contribution is -2.31. The van der Waals surface area contributed by atoms with Gasteiger partial charge < -0.3 is 5.73 Å². The lowest BCUT2D eigenvalue weighted by atomic mass is 10.3. The molecule has 0 bridgehead atoms. The van der Waals surface area contributed by atoms with Crippen LogP contribution in [0.5, 0.6) is 0 Å². The van der Waals surface area contributed by atoms with Crippen LogP contribution in [0.15, 0.2) is 40.6 Å². The maximum atomic E-state index is 13.8. The number of benzene rings is 1. The Morgan fingerprint density at radius 2 is 2.05 bits per heavy atom. The molecule has 1 heterocycles. The molecule has 2 rings (SSSR count). The topological polar surface area (TPSA) is 63.4 Å². The Kier molecular flexibility index (Phi) is 4.42. The van der Waals surface area contributed by atoms with Gasteiger partial charge in [0.2, 0.25) is 0 Å². The molecule has 0 aliphatic heterocycles. The van der Waals surface area contributed by atoms with Crippen molar-refractivity contribution < 1.29 is 12.8 Å². The van der Waals surface area contributed by atoms with E-state index in [-0.39, 0.29) is 23.7 Å². The van der Waals surface area contributed by atoms with Crippen molar-refractivity contribution in [2.24, 2.45) is 5.73 Å². The Balaban J connectivity index is 2.48. The fourth-order valence-electron chi connectivity index (χ4n) is 1.85. The number of hydrogen-bond donors (Lipinski definition) is 1. The molecule has 108 valence electrons. The van der Waals surface area contributed by atoms with Gasteiger partial charge in [-0.2, -0.15) is 0 Å². The Morgan fingerprint density at radius 3 is 2.60 bits per heavy atom. The van der Waals surface area contributed by atoms with Crippen molar-refractivity contribution in [3.8, 4) is 0 Å². The van der Waals surface area contributed by atoms with Crippen molar-refractivity contribution >= 4 is 27.0 Å². The van der Waals surface area contributed by atoms with Crippen molar-refractivity contribution in [2.45, 2.75) is 18.4 Å². The normalized spacial score (nSPS) is 11.6. The van der Waals surface area contributed by atoms with Crippen LogP contribution in [0, 0.1) is 5.82 Å². The van der Waals surface area contributed by atoms with Gasteiger partial charge in [0.25, 0.3) is 10.0 Å². The molecule has 4 nitrogen and oxygen atoms in total. The molecule has 0 spiro atoms. The van der Waals surface area contributed by atoms with E-state index < -0.39 is 15.8 Å². The number of hydrogen-bond acceptors (Lipinski definition) is 4. The van der Waals surface area contributed by atoms with E-state index in [4.69, 9.17) is 5.73 Å². The number of rotatable bonds is 5. The van der Waals surface area contributed by atoms with Crippen molar-refractivity contribution in [3.63, 3.8) is 0 Å². The van der Waals surface area contributed by atoms with Crippen LogP contribution < -0.4 is 10.0 Å². The van der Waals surface area contributed by atoms with Crippen molar-refractivity contribution in [2.75, 3.05) is 10.8 Å². The highest BCUT2D eigenvalue weighted by Crippen LogP contribution is 2.28. The maximum Gasteiger partial charge on any atom is 0.265 e. The molecule has 2 N–H and O–H groups in total. The van der Waals surface area contributed by atoms with Crippen LogP contribution in [0.25, 0.3) is 0 Å². The summed E-state index contributed by atoms with van der Waals surface area (Å²) in [5.74, 6) is -0.563. The van der Waals surface area contributed by atoms with E-state index in [9.17, 15) is 12.8 Å². The van der Waals surface area contributed by atoms with Crippen molar-refractivity contribution in [3.05, 3.63) is 46.4 Å². The number of para-hydroxylation sites is 1. The first-order chi connectivity index (χ1) is 9.50. The minimum absolute atomic E-state index is 0.0514. The summed E-state index contributed by atoms with van der Waals surface area (Å²) in [4.78, 5) is 0.918. The molecule has 20 heavy (non-hydrogen) atoms. The second kappa shape index (κ2) is 5.90. The third-order valence-corrected chi connectivity index (χ3v) is 5.80. The van der Waals surface area contributed by atoms with E-state index in [2.05, 4.69) is 0 Å². The van der Waals surface area contributed by atoms with Crippen LogP contribution in [0.1, 0.15) is 11.8 Å². The summed E-state index contributed by atoms with van der Waals surface area (Å²) < 4.78 is 40.0. The van der Waals surface area contributed by atoms with E-state index in [0.717, 1.165) is 9.18 Å². The number of nitrogens with zero attached hydrogens (tertiary/aromatic N) is 1. The summed E-state index contributed by atoms with van der Waals surface area (Å²) in [6.45, 7) is 2.10. The lowest BCUT2D eigenvalue weighted by molar-refractivity contribution is 0.586. The SMILES string of the molecule is CCN(c1ccccc1F)S(=O)(=O)c1csc(CN)c1. The van der Waals surface area contributed by atoms with Gasteiger partial charge in [-0.3, -0.25) is 4.31 Å². The molecule has 0 saturated carbocycles. The smallest absolute Gasteiger partial charge is 0.265 e. The predicted molar refractivity (Wildman–Crippen MR) is 78.8 cm³/mol. The number of sulfonamides is 1. The third-order valence-electron chi connectivity index (χ3n) is 2.83. The Bertz CT molecular complexity index is 698. The van der Waals surface area contributed by atoms with Gasteiger partial charge in [0.1, 0.15) is 5.82 Å². The molecule has 2 aromatic rings. The van der Waals surface area contributed by atoms with Crippen LogP contribution in [-0.2, 0) is 16.6 Å². The fraction of sp³-hybridized carbons (Fsp3) is 0.231. The minimum Gasteiger partial charge on any atom is -0.326 e. The predicted octanol–water partition coefficient (Wildman–Crippen LogP) is 2.56. The van der Waals surface area contributed by atoms with Gasteiger partial charge in [-0.1, -0.05) is 12.1 Å². The number of anilines is 1. The zero-order valence-corrected chi connectivity index (χ0v) is 12.5. The quantitative estimate of drug-likeness (QED) is 0.922. The molecule has 1 aromatic heterocycles. The maximum absolute atomic E-state index is 13.8. The highest BCUT2D eigenvalue weighted by Gasteiger charge is 2.26. The molecule has 0 aliphatic carbocycles. The highest BCUT2D eigenvalue weighted by atomic mass is 32.2. The number of halogens is 1. The molecular weight excluding hydrogens is 299 g/mol. The lowest BCUT2D eigenvalue weighted by Gasteiger charge is -2.22. The summed E-state index contributed by atoms with van der Waals surface area (Å²) >= 11 is 1.28. The molecule has 1 aromatic carbocycles. The molecule has 0 fully saturated rings. The van der Waals surface area contributed by atoms with Crippen LogP contribution in [0.3, 0.4) is 0 Å². The van der Waals surface area contributed by atoms with Gasteiger partial charge in [0.15, 0.2) is 0 Å². The number of nitrogens with two attached hydrogens (primary N) is 1. The third kappa shape index (κ3) is 2.70. The average molecular weight is 314 g/mol. The summed E-state index contributed by atoms with van der Waals surface area (Å²) in [6, 6.07) is 7.36. The second-order valence-electron chi connectivity index (χ2n) is 4.07. The summed E-state index contributed by atoms with van der Waals surface area (Å²) in [7, 11) is -3.77. The largest absolute Gasteiger partial charge is 0.326 e. The van der Waals surface area contributed by atoms with E-state index in [1.165, 1.54) is 41.0 Å². The number of thiophene rings is 1. The molecular formula is C13H15FN2O2S2. The van der Waals surface area contributed by atoms with E-state index in [1.807, 2.05) is 0 Å². The van der Waals surface area contributed by atoms with Crippen LogP contribution in [-0.4, -0.2) is 15.0 Å². The zero-order valence-electron chi connectivity index (χ0n) is 10.9. The summed E-state index contributed by atoms with van der Waals surface area (Å²) in [6.07, 6.45) is 0. The molecule has 0 atom stereocenters.